The Morgan fingerprint density at radius 3 is 1.73 bits per heavy atom. The molecule has 3 heteroatoms. The lowest BCUT2D eigenvalue weighted by Gasteiger charge is -2.30. The van der Waals surface area contributed by atoms with E-state index in [4.69, 9.17) is 4.74 Å². The second kappa shape index (κ2) is 15.2. The number of hydrogen-bond donors (Lipinski definition) is 0. The van der Waals surface area contributed by atoms with Crippen molar-refractivity contribution in [3.63, 3.8) is 0 Å². The van der Waals surface area contributed by atoms with Crippen LogP contribution in [-0.4, -0.2) is 6.71 Å². The van der Waals surface area contributed by atoms with Gasteiger partial charge in [-0.25, -0.2) is 0 Å². The van der Waals surface area contributed by atoms with E-state index in [2.05, 4.69) is 228 Å². The van der Waals surface area contributed by atoms with Gasteiger partial charge in [-0.3, -0.25) is 0 Å². The Labute approximate surface area is 371 Å². The number of fused-ring (bicyclic) bond motifs is 5. The number of benzene rings is 10. The molecule has 0 spiro atoms. The van der Waals surface area contributed by atoms with Gasteiger partial charge in [0.15, 0.2) is 0 Å². The van der Waals surface area contributed by atoms with E-state index in [1.165, 1.54) is 87.8 Å². The smallest absolute Gasteiger partial charge is 0.243 e. The summed E-state index contributed by atoms with van der Waals surface area (Å²) in [5.41, 5.74) is 19.8. The van der Waals surface area contributed by atoms with Gasteiger partial charge in [-0.05, 0) is 116 Å². The molecule has 0 bridgehead atoms. The Morgan fingerprint density at radius 2 is 0.984 bits per heavy atom. The Balaban J connectivity index is 1.09. The molecule has 11 rings (SSSR count). The summed E-state index contributed by atoms with van der Waals surface area (Å²) >= 11 is 0. The largest absolute Gasteiger partial charge is 0.456 e. The van der Waals surface area contributed by atoms with E-state index in [9.17, 15) is 0 Å². The number of para-hydroxylation sites is 1. The van der Waals surface area contributed by atoms with Crippen LogP contribution < -0.4 is 26.0 Å². The molecule has 302 valence electrons. The quantitative estimate of drug-likeness (QED) is 0.117. The van der Waals surface area contributed by atoms with Crippen molar-refractivity contribution in [2.75, 3.05) is 4.90 Å². The minimum Gasteiger partial charge on any atom is -0.456 e. The third-order valence-electron chi connectivity index (χ3n) is 13.4. The minimum absolute atomic E-state index is 0.0532. The van der Waals surface area contributed by atoms with Crippen LogP contribution in [0.3, 0.4) is 0 Å². The first-order valence-corrected chi connectivity index (χ1v) is 22.1. The zero-order chi connectivity index (χ0) is 42.9. The summed E-state index contributed by atoms with van der Waals surface area (Å²) in [5, 5.41) is 7.34. The molecule has 1 heterocycles. The molecule has 63 heavy (non-hydrogen) atoms. The minimum atomic E-state index is 0.0532. The standard InChI is InChI=1S/C60H48BNO/c1-37-31-39(3)59(40(4)32-37)61(60-41(5)33-38(2)34-42(60)6)54-30-29-52-51-28-26-47(36-57(51)63-56-22-14-20-53(54)58(52)56)62(55-21-13-12-19-50(55)43-15-8-7-9-16-43)46-25-27-49-45(35-46)24-23-44-17-10-11-18-48(44)49/h7-36H,1-6H3. The van der Waals surface area contributed by atoms with Crippen LogP contribution in [0.4, 0.5) is 17.1 Å². The maximum absolute atomic E-state index is 7.09. The Hall–Kier alpha value is -7.36. The highest BCUT2D eigenvalue weighted by atomic mass is 16.5. The maximum atomic E-state index is 7.09. The molecule has 0 saturated carbocycles. The third-order valence-corrected chi connectivity index (χ3v) is 13.4. The van der Waals surface area contributed by atoms with Gasteiger partial charge in [0.1, 0.15) is 11.5 Å². The van der Waals surface area contributed by atoms with Crippen LogP contribution in [0.5, 0.6) is 11.5 Å². The number of hydrogen-bond acceptors (Lipinski definition) is 2. The number of aryl methyl sites for hydroxylation is 6. The maximum Gasteiger partial charge on any atom is 0.243 e. The van der Waals surface area contributed by atoms with E-state index in [-0.39, 0.29) is 6.71 Å². The van der Waals surface area contributed by atoms with Crippen molar-refractivity contribution < 1.29 is 4.74 Å². The first-order chi connectivity index (χ1) is 30.7. The Morgan fingerprint density at radius 1 is 0.397 bits per heavy atom. The number of anilines is 3. The van der Waals surface area contributed by atoms with Gasteiger partial charge < -0.3 is 9.64 Å². The van der Waals surface area contributed by atoms with E-state index in [1.807, 2.05) is 0 Å². The van der Waals surface area contributed by atoms with Gasteiger partial charge >= 0.3 is 0 Å². The molecule has 1 aliphatic heterocycles. The van der Waals surface area contributed by atoms with Crippen LogP contribution in [0, 0.1) is 41.5 Å². The van der Waals surface area contributed by atoms with Gasteiger partial charge in [-0.2, -0.15) is 0 Å². The average molecular weight is 810 g/mol. The SMILES string of the molecule is Cc1cc(C)c(B(c2c(C)cc(C)cc2C)c2ccc3c4c(cccc24)Oc2cc(N(c4ccc5c(ccc6ccccc65)c4)c4ccccc4-c4ccccc4)ccc2-3)c(C)c1. The Kier molecular flexibility index (Phi) is 9.32. The third kappa shape index (κ3) is 6.50. The van der Waals surface area contributed by atoms with E-state index in [1.54, 1.807) is 0 Å². The van der Waals surface area contributed by atoms with Gasteiger partial charge in [-0.15, -0.1) is 0 Å². The summed E-state index contributed by atoms with van der Waals surface area (Å²) < 4.78 is 7.09. The molecule has 0 aliphatic carbocycles. The van der Waals surface area contributed by atoms with E-state index >= 15 is 0 Å². The fourth-order valence-corrected chi connectivity index (χ4v) is 10.9. The molecule has 0 atom stereocenters. The zero-order valence-corrected chi connectivity index (χ0v) is 36.8. The molecule has 0 N–H and O–H groups in total. The molecule has 10 aromatic carbocycles. The fraction of sp³-hybridized carbons (Fsp3) is 0.100. The lowest BCUT2D eigenvalue weighted by molar-refractivity contribution is 0.487. The summed E-state index contributed by atoms with van der Waals surface area (Å²) in [6.07, 6.45) is 0. The van der Waals surface area contributed by atoms with Crippen molar-refractivity contribution in [1.82, 2.24) is 0 Å². The highest BCUT2D eigenvalue weighted by Crippen LogP contribution is 2.50. The second-order valence-electron chi connectivity index (χ2n) is 17.6. The van der Waals surface area contributed by atoms with E-state index in [0.29, 0.717) is 0 Å². The summed E-state index contributed by atoms with van der Waals surface area (Å²) in [5.74, 6) is 1.73. The molecule has 0 unspecified atom stereocenters. The molecule has 2 nitrogen and oxygen atoms in total. The molecule has 0 radical (unpaired) electrons. The van der Waals surface area contributed by atoms with Crippen molar-refractivity contribution in [2.45, 2.75) is 41.5 Å². The predicted octanol–water partition coefficient (Wildman–Crippen LogP) is 14.4. The highest BCUT2D eigenvalue weighted by molar-refractivity contribution is 6.98. The first kappa shape index (κ1) is 38.6. The van der Waals surface area contributed by atoms with Crippen LogP contribution in [0.15, 0.2) is 182 Å². The van der Waals surface area contributed by atoms with Gasteiger partial charge in [0, 0.05) is 34.0 Å². The molecular weight excluding hydrogens is 761 g/mol. The van der Waals surface area contributed by atoms with E-state index in [0.717, 1.165) is 45.1 Å². The van der Waals surface area contributed by atoms with Crippen LogP contribution >= 0.6 is 0 Å². The van der Waals surface area contributed by atoms with Gasteiger partial charge in [-0.1, -0.05) is 189 Å². The van der Waals surface area contributed by atoms with Crippen molar-refractivity contribution in [3.05, 3.63) is 215 Å². The molecule has 0 fully saturated rings. The fourth-order valence-electron chi connectivity index (χ4n) is 10.9. The molecule has 0 aromatic heterocycles. The number of ether oxygens (including phenoxy) is 1. The summed E-state index contributed by atoms with van der Waals surface area (Å²) in [6, 6.07) is 66.9. The van der Waals surface area contributed by atoms with Crippen LogP contribution in [0.25, 0.3) is 54.6 Å². The highest BCUT2D eigenvalue weighted by Gasteiger charge is 2.32. The molecule has 1 aliphatic rings. The monoisotopic (exact) mass is 809 g/mol. The van der Waals surface area contributed by atoms with Crippen LogP contribution in [-0.2, 0) is 0 Å². The lowest BCUT2D eigenvalue weighted by atomic mass is 9.33. The second-order valence-corrected chi connectivity index (χ2v) is 17.6. The predicted molar refractivity (Wildman–Crippen MR) is 271 cm³/mol. The molecule has 0 amide bonds. The molecule has 0 saturated heterocycles. The topological polar surface area (TPSA) is 12.5 Å². The zero-order valence-electron chi connectivity index (χ0n) is 36.8. The van der Waals surface area contributed by atoms with E-state index < -0.39 is 0 Å². The summed E-state index contributed by atoms with van der Waals surface area (Å²) in [7, 11) is 0. The number of rotatable bonds is 7. The van der Waals surface area contributed by atoms with Crippen LogP contribution in [0.2, 0.25) is 0 Å². The average Bonchev–Trinajstić information content (AvgIpc) is 3.28. The molecular formula is C60H48BNO. The van der Waals surface area contributed by atoms with Crippen molar-refractivity contribution >= 4 is 72.5 Å². The summed E-state index contributed by atoms with van der Waals surface area (Å²) in [6.45, 7) is 13.6. The van der Waals surface area contributed by atoms with Crippen LogP contribution in [0.1, 0.15) is 33.4 Å². The number of nitrogens with zero attached hydrogens (tertiary/aromatic N) is 1. The van der Waals surface area contributed by atoms with Crippen molar-refractivity contribution in [2.24, 2.45) is 0 Å². The Bertz CT molecular complexity index is 3350. The van der Waals surface area contributed by atoms with Gasteiger partial charge in [0.25, 0.3) is 0 Å². The molecule has 10 aromatic rings. The summed E-state index contributed by atoms with van der Waals surface area (Å²) in [4.78, 5) is 2.39. The lowest BCUT2D eigenvalue weighted by Crippen LogP contribution is -2.56. The first-order valence-electron chi connectivity index (χ1n) is 22.1. The normalized spacial score (nSPS) is 11.8. The van der Waals surface area contributed by atoms with Crippen molar-refractivity contribution in [1.29, 1.82) is 0 Å². The van der Waals surface area contributed by atoms with Gasteiger partial charge in [0.2, 0.25) is 6.71 Å². The van der Waals surface area contributed by atoms with Gasteiger partial charge in [0.05, 0.1) is 5.69 Å². The van der Waals surface area contributed by atoms with Crippen molar-refractivity contribution in [3.8, 4) is 33.8 Å².